The van der Waals surface area contributed by atoms with Gasteiger partial charge in [-0.2, -0.15) is 0 Å². The smallest absolute Gasteiger partial charge is 0.244 e. The molecule has 0 bridgehead atoms. The van der Waals surface area contributed by atoms with Gasteiger partial charge in [-0.15, -0.1) is 10.2 Å². The Hall–Kier alpha value is -3.12. The molecule has 1 amide bonds. The second kappa shape index (κ2) is 7.01. The van der Waals surface area contributed by atoms with E-state index in [-0.39, 0.29) is 5.91 Å². The van der Waals surface area contributed by atoms with E-state index in [1.807, 2.05) is 47.0 Å². The van der Waals surface area contributed by atoms with Crippen molar-refractivity contribution in [2.75, 3.05) is 6.61 Å². The number of amides is 1. The van der Waals surface area contributed by atoms with Gasteiger partial charge in [-0.25, -0.2) is 0 Å². The highest BCUT2D eigenvalue weighted by Crippen LogP contribution is 2.29. The van der Waals surface area contributed by atoms with E-state index in [0.717, 1.165) is 22.5 Å². The fourth-order valence-corrected chi connectivity index (χ4v) is 2.86. The summed E-state index contributed by atoms with van der Waals surface area (Å²) in [7, 11) is 0. The molecule has 1 aromatic carbocycles. The lowest BCUT2D eigenvalue weighted by Gasteiger charge is -2.16. The van der Waals surface area contributed by atoms with Crippen molar-refractivity contribution in [2.24, 2.45) is 0 Å². The molecule has 130 valence electrons. The topological polar surface area (TPSA) is 68.5 Å². The summed E-state index contributed by atoms with van der Waals surface area (Å²) in [6.07, 6.45) is 7.04. The van der Waals surface area contributed by atoms with Crippen LogP contribution in [0.25, 0.3) is 11.7 Å². The maximum absolute atomic E-state index is 12.1. The number of nitrogens with one attached hydrogen (secondary N) is 1. The van der Waals surface area contributed by atoms with Crippen molar-refractivity contribution in [3.8, 4) is 5.75 Å². The van der Waals surface area contributed by atoms with Gasteiger partial charge in [-0.05, 0) is 42.0 Å². The van der Waals surface area contributed by atoms with Crippen LogP contribution in [0.4, 0.5) is 0 Å². The van der Waals surface area contributed by atoms with Crippen molar-refractivity contribution in [3.05, 3.63) is 76.7 Å². The van der Waals surface area contributed by atoms with Crippen LogP contribution < -0.4 is 10.1 Å². The zero-order valence-corrected chi connectivity index (χ0v) is 14.5. The van der Waals surface area contributed by atoms with Gasteiger partial charge in [0.2, 0.25) is 5.91 Å². The van der Waals surface area contributed by atoms with Gasteiger partial charge in [-0.1, -0.05) is 23.7 Å². The van der Waals surface area contributed by atoms with Crippen LogP contribution in [-0.2, 0) is 11.3 Å². The van der Waals surface area contributed by atoms with E-state index in [1.165, 1.54) is 6.08 Å². The number of nitrogens with zero attached hydrogens (tertiary/aromatic N) is 3. The lowest BCUT2D eigenvalue weighted by molar-refractivity contribution is -0.116. The van der Waals surface area contributed by atoms with Crippen molar-refractivity contribution in [2.45, 2.75) is 6.54 Å². The molecule has 26 heavy (non-hydrogen) atoms. The first kappa shape index (κ1) is 16.4. The molecule has 0 aliphatic carbocycles. The molecular formula is C19H15ClN4O2. The standard InChI is InChI=1S/C19H15ClN4O2/c20-15-5-6-16-14(10-15)9-13(12-26-16)4-7-19(25)21-11-18-23-22-17-3-1-2-8-24(17)18/h1-10H,11-12H2,(H,21,25)/b7-4+. The number of benzene rings is 1. The molecule has 7 heteroatoms. The highest BCUT2D eigenvalue weighted by molar-refractivity contribution is 6.30. The Morgan fingerprint density at radius 2 is 2.23 bits per heavy atom. The summed E-state index contributed by atoms with van der Waals surface area (Å²) in [5, 5.41) is 11.6. The Bertz CT molecular complexity index is 1040. The monoisotopic (exact) mass is 366 g/mol. The number of fused-ring (bicyclic) bond motifs is 2. The molecule has 0 radical (unpaired) electrons. The first-order valence-corrected chi connectivity index (χ1v) is 8.44. The van der Waals surface area contributed by atoms with Gasteiger partial charge in [0.25, 0.3) is 0 Å². The zero-order valence-electron chi connectivity index (χ0n) is 13.7. The van der Waals surface area contributed by atoms with Crippen molar-refractivity contribution in [3.63, 3.8) is 0 Å². The van der Waals surface area contributed by atoms with Crippen LogP contribution in [0.15, 0.2) is 60.3 Å². The van der Waals surface area contributed by atoms with Crippen molar-refractivity contribution < 1.29 is 9.53 Å². The molecule has 1 aliphatic rings. The number of hydrogen-bond donors (Lipinski definition) is 1. The van der Waals surface area contributed by atoms with Gasteiger partial charge >= 0.3 is 0 Å². The molecule has 2 aromatic heterocycles. The Morgan fingerprint density at radius 1 is 1.31 bits per heavy atom. The van der Waals surface area contributed by atoms with Gasteiger partial charge < -0.3 is 10.1 Å². The molecule has 0 saturated carbocycles. The summed E-state index contributed by atoms with van der Waals surface area (Å²) in [6, 6.07) is 11.1. The van der Waals surface area contributed by atoms with Crippen molar-refractivity contribution in [1.29, 1.82) is 0 Å². The highest BCUT2D eigenvalue weighted by atomic mass is 35.5. The first-order valence-electron chi connectivity index (χ1n) is 8.06. The molecule has 0 spiro atoms. The van der Waals surface area contributed by atoms with E-state index in [2.05, 4.69) is 15.5 Å². The average molecular weight is 367 g/mol. The Labute approximate surface area is 154 Å². The summed E-state index contributed by atoms with van der Waals surface area (Å²) >= 11 is 6.00. The third kappa shape index (κ3) is 3.45. The van der Waals surface area contributed by atoms with E-state index < -0.39 is 0 Å². The van der Waals surface area contributed by atoms with Crippen LogP contribution in [0.1, 0.15) is 11.4 Å². The number of hydrogen-bond acceptors (Lipinski definition) is 4. The summed E-state index contributed by atoms with van der Waals surface area (Å²) in [5.74, 6) is 1.25. The molecule has 1 aliphatic heterocycles. The molecule has 6 nitrogen and oxygen atoms in total. The summed E-state index contributed by atoms with van der Waals surface area (Å²) in [6.45, 7) is 0.704. The Kier molecular flexibility index (Phi) is 4.41. The molecule has 0 fully saturated rings. The first-order chi connectivity index (χ1) is 12.7. The van der Waals surface area contributed by atoms with Crippen LogP contribution in [0.2, 0.25) is 5.02 Å². The molecule has 4 rings (SSSR count). The number of rotatable bonds is 4. The Balaban J connectivity index is 1.40. The zero-order chi connectivity index (χ0) is 17.9. The normalized spacial score (nSPS) is 13.3. The lowest BCUT2D eigenvalue weighted by Crippen LogP contribution is -2.22. The number of aromatic nitrogens is 3. The van der Waals surface area contributed by atoms with E-state index in [0.29, 0.717) is 24.0 Å². The van der Waals surface area contributed by atoms with Crippen LogP contribution in [-0.4, -0.2) is 27.1 Å². The summed E-state index contributed by atoms with van der Waals surface area (Å²) in [5.41, 5.74) is 2.54. The van der Waals surface area contributed by atoms with Gasteiger partial charge in [-0.3, -0.25) is 9.20 Å². The van der Waals surface area contributed by atoms with Gasteiger partial charge in [0.1, 0.15) is 12.4 Å². The van der Waals surface area contributed by atoms with E-state index in [4.69, 9.17) is 16.3 Å². The second-order valence-electron chi connectivity index (χ2n) is 5.79. The lowest BCUT2D eigenvalue weighted by atomic mass is 10.1. The van der Waals surface area contributed by atoms with Crippen LogP contribution in [0.5, 0.6) is 5.75 Å². The number of halogens is 1. The molecule has 1 N–H and O–H groups in total. The fraction of sp³-hybridized carbons (Fsp3) is 0.105. The Morgan fingerprint density at radius 3 is 3.15 bits per heavy atom. The molecule has 3 heterocycles. The second-order valence-corrected chi connectivity index (χ2v) is 6.22. The van der Waals surface area contributed by atoms with E-state index in [1.54, 1.807) is 12.1 Å². The summed E-state index contributed by atoms with van der Waals surface area (Å²) in [4.78, 5) is 12.1. The molecule has 0 atom stereocenters. The maximum Gasteiger partial charge on any atom is 0.244 e. The minimum atomic E-state index is -0.213. The molecule has 0 unspecified atom stereocenters. The molecular weight excluding hydrogens is 352 g/mol. The molecule has 0 saturated heterocycles. The number of carbonyl (C=O) groups excluding carboxylic acids is 1. The highest BCUT2D eigenvalue weighted by Gasteiger charge is 2.10. The largest absolute Gasteiger partial charge is 0.488 e. The van der Waals surface area contributed by atoms with E-state index in [9.17, 15) is 4.79 Å². The molecule has 3 aromatic rings. The van der Waals surface area contributed by atoms with Crippen molar-refractivity contribution >= 4 is 29.2 Å². The minimum Gasteiger partial charge on any atom is -0.488 e. The maximum atomic E-state index is 12.1. The van der Waals surface area contributed by atoms with E-state index >= 15 is 0 Å². The van der Waals surface area contributed by atoms with Gasteiger partial charge in [0, 0.05) is 22.9 Å². The average Bonchev–Trinajstić information content (AvgIpc) is 3.07. The number of carbonyl (C=O) groups is 1. The third-order valence-corrected chi connectivity index (χ3v) is 4.20. The minimum absolute atomic E-state index is 0.213. The fourth-order valence-electron chi connectivity index (χ4n) is 2.68. The van der Waals surface area contributed by atoms with Crippen LogP contribution in [0, 0.1) is 0 Å². The SMILES string of the molecule is O=C(/C=C/C1=Cc2cc(Cl)ccc2OC1)NCc1nnc2ccccn12. The summed E-state index contributed by atoms with van der Waals surface area (Å²) < 4.78 is 7.49. The van der Waals surface area contributed by atoms with Crippen LogP contribution in [0.3, 0.4) is 0 Å². The predicted octanol–water partition coefficient (Wildman–Crippen LogP) is 3.03. The predicted molar refractivity (Wildman–Crippen MR) is 98.9 cm³/mol. The van der Waals surface area contributed by atoms with Crippen LogP contribution >= 0.6 is 11.6 Å². The van der Waals surface area contributed by atoms with Crippen molar-refractivity contribution in [1.82, 2.24) is 19.9 Å². The number of ether oxygens (including phenoxy) is 1. The third-order valence-electron chi connectivity index (χ3n) is 3.96. The number of pyridine rings is 1. The van der Waals surface area contributed by atoms with Gasteiger partial charge in [0.05, 0.1) is 6.54 Å². The quantitative estimate of drug-likeness (QED) is 0.721. The van der Waals surface area contributed by atoms with Gasteiger partial charge in [0.15, 0.2) is 11.5 Å².